The number of hydrogen-bond acceptors (Lipinski definition) is 3. The van der Waals surface area contributed by atoms with E-state index in [-0.39, 0.29) is 12.1 Å². The van der Waals surface area contributed by atoms with Crippen LogP contribution < -0.4 is 5.32 Å². The van der Waals surface area contributed by atoms with E-state index in [1.54, 1.807) is 6.26 Å². The van der Waals surface area contributed by atoms with E-state index in [0.29, 0.717) is 0 Å². The maximum absolute atomic E-state index is 5.67. The van der Waals surface area contributed by atoms with Gasteiger partial charge in [-0.15, -0.1) is 0 Å². The van der Waals surface area contributed by atoms with Crippen molar-refractivity contribution in [3.63, 3.8) is 0 Å². The van der Waals surface area contributed by atoms with Crippen molar-refractivity contribution in [2.24, 2.45) is 0 Å². The van der Waals surface area contributed by atoms with Gasteiger partial charge in [0.25, 0.3) is 0 Å². The van der Waals surface area contributed by atoms with Crippen molar-refractivity contribution in [3.05, 3.63) is 24.2 Å². The highest BCUT2D eigenvalue weighted by Crippen LogP contribution is 2.26. The number of likely N-dealkylation sites (N-methyl/N-ethyl adjacent to an activating group) is 1. The van der Waals surface area contributed by atoms with Gasteiger partial charge in [-0.25, -0.2) is 0 Å². The molecular weight excluding hydrogens is 178 g/mol. The molecule has 1 N–H and O–H groups in total. The van der Waals surface area contributed by atoms with Crippen LogP contribution in [0.5, 0.6) is 0 Å². The maximum Gasteiger partial charge on any atom is 0.123 e. The fourth-order valence-electron chi connectivity index (χ4n) is 1.97. The molecule has 1 aromatic rings. The molecule has 2 unspecified atom stereocenters. The van der Waals surface area contributed by atoms with Gasteiger partial charge in [-0.1, -0.05) is 6.92 Å². The molecule has 0 bridgehead atoms. The first kappa shape index (κ1) is 9.74. The van der Waals surface area contributed by atoms with Crippen molar-refractivity contribution < 1.29 is 9.15 Å². The van der Waals surface area contributed by atoms with Crippen LogP contribution in [0.15, 0.2) is 22.8 Å². The zero-order valence-electron chi connectivity index (χ0n) is 8.53. The minimum Gasteiger partial charge on any atom is -0.468 e. The van der Waals surface area contributed by atoms with Gasteiger partial charge >= 0.3 is 0 Å². The van der Waals surface area contributed by atoms with E-state index >= 15 is 0 Å². The van der Waals surface area contributed by atoms with E-state index < -0.39 is 0 Å². The second-order valence-electron chi connectivity index (χ2n) is 3.60. The van der Waals surface area contributed by atoms with Gasteiger partial charge in [0.15, 0.2) is 0 Å². The SMILES string of the molecule is CCNC(c1ccco1)C1CCCO1. The van der Waals surface area contributed by atoms with Gasteiger partial charge in [0.1, 0.15) is 5.76 Å². The van der Waals surface area contributed by atoms with Crippen LogP contribution in [0.25, 0.3) is 0 Å². The van der Waals surface area contributed by atoms with Crippen LogP contribution in [0.2, 0.25) is 0 Å². The van der Waals surface area contributed by atoms with Crippen molar-refractivity contribution in [2.45, 2.75) is 31.9 Å². The predicted octanol–water partition coefficient (Wildman–Crippen LogP) is 2.11. The van der Waals surface area contributed by atoms with Gasteiger partial charge in [-0.3, -0.25) is 0 Å². The minimum absolute atomic E-state index is 0.220. The van der Waals surface area contributed by atoms with Gasteiger partial charge in [-0.2, -0.15) is 0 Å². The Morgan fingerprint density at radius 2 is 2.57 bits per heavy atom. The Bertz CT molecular complexity index is 252. The summed E-state index contributed by atoms with van der Waals surface area (Å²) in [4.78, 5) is 0. The van der Waals surface area contributed by atoms with Crippen LogP contribution in [-0.4, -0.2) is 19.3 Å². The molecular formula is C11H17NO2. The molecule has 0 aromatic carbocycles. The Morgan fingerprint density at radius 1 is 1.64 bits per heavy atom. The number of nitrogens with one attached hydrogen (secondary N) is 1. The highest BCUT2D eigenvalue weighted by Gasteiger charge is 2.28. The quantitative estimate of drug-likeness (QED) is 0.799. The first-order valence-electron chi connectivity index (χ1n) is 5.30. The third-order valence-electron chi connectivity index (χ3n) is 2.61. The molecule has 0 aliphatic carbocycles. The highest BCUT2D eigenvalue weighted by molar-refractivity contribution is 5.07. The topological polar surface area (TPSA) is 34.4 Å². The van der Waals surface area contributed by atoms with Crippen molar-refractivity contribution in [3.8, 4) is 0 Å². The number of rotatable bonds is 4. The molecule has 14 heavy (non-hydrogen) atoms. The normalized spacial score (nSPS) is 23.9. The number of furan rings is 1. The van der Waals surface area contributed by atoms with Gasteiger partial charge < -0.3 is 14.5 Å². The summed E-state index contributed by atoms with van der Waals surface area (Å²) in [6.07, 6.45) is 4.28. The van der Waals surface area contributed by atoms with Crippen molar-refractivity contribution >= 4 is 0 Å². The zero-order chi connectivity index (χ0) is 9.80. The summed E-state index contributed by atoms with van der Waals surface area (Å²) in [5.41, 5.74) is 0. The number of hydrogen-bond donors (Lipinski definition) is 1. The van der Waals surface area contributed by atoms with E-state index in [0.717, 1.165) is 31.8 Å². The molecule has 1 fully saturated rings. The summed E-state index contributed by atoms with van der Waals surface area (Å²) in [6.45, 7) is 3.92. The van der Waals surface area contributed by atoms with Gasteiger partial charge in [0.05, 0.1) is 18.4 Å². The van der Waals surface area contributed by atoms with E-state index in [4.69, 9.17) is 9.15 Å². The van der Waals surface area contributed by atoms with Gasteiger partial charge in [0, 0.05) is 6.61 Å². The lowest BCUT2D eigenvalue weighted by Crippen LogP contribution is -2.31. The van der Waals surface area contributed by atoms with Crippen molar-refractivity contribution in [2.75, 3.05) is 13.2 Å². The second kappa shape index (κ2) is 4.62. The second-order valence-corrected chi connectivity index (χ2v) is 3.60. The third kappa shape index (κ3) is 1.99. The molecule has 2 atom stereocenters. The molecule has 0 saturated carbocycles. The van der Waals surface area contributed by atoms with Crippen LogP contribution >= 0.6 is 0 Å². The summed E-state index contributed by atoms with van der Waals surface area (Å²) in [6, 6.07) is 4.15. The lowest BCUT2D eigenvalue weighted by atomic mass is 10.1. The number of ether oxygens (including phenoxy) is 1. The minimum atomic E-state index is 0.220. The lowest BCUT2D eigenvalue weighted by molar-refractivity contribution is 0.0718. The molecule has 78 valence electrons. The molecule has 0 spiro atoms. The molecule has 3 nitrogen and oxygen atoms in total. The monoisotopic (exact) mass is 195 g/mol. The fourth-order valence-corrected chi connectivity index (χ4v) is 1.97. The van der Waals surface area contributed by atoms with Crippen LogP contribution in [0.3, 0.4) is 0 Å². The molecule has 2 rings (SSSR count). The van der Waals surface area contributed by atoms with Crippen LogP contribution in [0, 0.1) is 0 Å². The first-order valence-corrected chi connectivity index (χ1v) is 5.30. The van der Waals surface area contributed by atoms with Gasteiger partial charge in [-0.05, 0) is 31.5 Å². The van der Waals surface area contributed by atoms with Crippen molar-refractivity contribution in [1.82, 2.24) is 5.32 Å². The standard InChI is InChI=1S/C11H17NO2/c1-2-12-11(9-5-3-7-13-9)10-6-4-8-14-10/h3,5,7,10-12H,2,4,6,8H2,1H3. The van der Waals surface area contributed by atoms with Crippen molar-refractivity contribution in [1.29, 1.82) is 0 Å². The van der Waals surface area contributed by atoms with Crippen LogP contribution in [-0.2, 0) is 4.74 Å². The third-order valence-corrected chi connectivity index (χ3v) is 2.61. The van der Waals surface area contributed by atoms with E-state index in [2.05, 4.69) is 12.2 Å². The van der Waals surface area contributed by atoms with Crippen LogP contribution in [0.1, 0.15) is 31.6 Å². The van der Waals surface area contributed by atoms with Gasteiger partial charge in [0.2, 0.25) is 0 Å². The smallest absolute Gasteiger partial charge is 0.123 e. The van der Waals surface area contributed by atoms with E-state index in [1.165, 1.54) is 0 Å². The Hall–Kier alpha value is -0.800. The van der Waals surface area contributed by atoms with Crippen LogP contribution in [0.4, 0.5) is 0 Å². The van der Waals surface area contributed by atoms with E-state index in [1.807, 2.05) is 12.1 Å². The summed E-state index contributed by atoms with van der Waals surface area (Å²) in [5.74, 6) is 0.985. The average Bonchev–Trinajstić information content (AvgIpc) is 2.87. The highest BCUT2D eigenvalue weighted by atomic mass is 16.5. The Labute approximate surface area is 84.4 Å². The summed E-state index contributed by atoms with van der Waals surface area (Å²) >= 11 is 0. The molecule has 1 aliphatic rings. The molecule has 0 radical (unpaired) electrons. The lowest BCUT2D eigenvalue weighted by Gasteiger charge is -2.21. The summed E-state index contributed by atoms with van der Waals surface area (Å²) in [7, 11) is 0. The largest absolute Gasteiger partial charge is 0.468 e. The molecule has 1 aromatic heterocycles. The Morgan fingerprint density at radius 3 is 3.14 bits per heavy atom. The molecule has 1 aliphatic heterocycles. The molecule has 1 saturated heterocycles. The summed E-state index contributed by atoms with van der Waals surface area (Å²) in [5, 5.41) is 3.41. The fraction of sp³-hybridized carbons (Fsp3) is 0.636. The zero-order valence-corrected chi connectivity index (χ0v) is 8.53. The molecule has 3 heteroatoms. The van der Waals surface area contributed by atoms with E-state index in [9.17, 15) is 0 Å². The maximum atomic E-state index is 5.67. The average molecular weight is 195 g/mol. The molecule has 2 heterocycles. The summed E-state index contributed by atoms with van der Waals surface area (Å²) < 4.78 is 11.1. The predicted molar refractivity (Wildman–Crippen MR) is 54.1 cm³/mol. The first-order chi connectivity index (χ1) is 6.92. The Balaban J connectivity index is 2.06. The Kier molecular flexibility index (Phi) is 3.22. The molecule has 0 amide bonds.